The summed E-state index contributed by atoms with van der Waals surface area (Å²) in [5.74, 6) is -0.107. The summed E-state index contributed by atoms with van der Waals surface area (Å²) in [5, 5.41) is 0. The van der Waals surface area contributed by atoms with E-state index in [9.17, 15) is 14.4 Å². The molecule has 1 saturated heterocycles. The Kier molecular flexibility index (Phi) is 5.14. The highest BCUT2D eigenvalue weighted by molar-refractivity contribution is 5.76. The van der Waals surface area contributed by atoms with Crippen LogP contribution in [0.1, 0.15) is 11.1 Å². The Morgan fingerprint density at radius 3 is 2.56 bits per heavy atom. The van der Waals surface area contributed by atoms with Crippen LogP contribution in [0.3, 0.4) is 0 Å². The van der Waals surface area contributed by atoms with Crippen LogP contribution in [0.2, 0.25) is 0 Å². The molecule has 1 aromatic heterocycles. The van der Waals surface area contributed by atoms with Crippen LogP contribution in [-0.4, -0.2) is 51.4 Å². The third-order valence-electron chi connectivity index (χ3n) is 4.42. The van der Waals surface area contributed by atoms with Crippen molar-refractivity contribution in [3.8, 4) is 0 Å². The summed E-state index contributed by atoms with van der Waals surface area (Å²) in [6.45, 7) is 5.81. The molecule has 1 N–H and O–H groups in total. The maximum atomic E-state index is 12.4. The second kappa shape index (κ2) is 7.48. The molecule has 7 nitrogen and oxygen atoms in total. The van der Waals surface area contributed by atoms with Crippen molar-refractivity contribution in [1.29, 1.82) is 0 Å². The Hall–Kier alpha value is -2.67. The number of hydrogen-bond donors (Lipinski definition) is 1. The summed E-state index contributed by atoms with van der Waals surface area (Å²) in [4.78, 5) is 41.4. The maximum Gasteiger partial charge on any atom is 0.328 e. The monoisotopic (exact) mass is 342 g/mol. The number of nitrogens with zero attached hydrogens (tertiary/aromatic N) is 3. The molecule has 25 heavy (non-hydrogen) atoms. The van der Waals surface area contributed by atoms with Gasteiger partial charge < -0.3 is 4.90 Å². The molecule has 2 aromatic rings. The Labute approximate surface area is 145 Å². The fourth-order valence-electron chi connectivity index (χ4n) is 3.04. The van der Waals surface area contributed by atoms with Crippen molar-refractivity contribution in [2.24, 2.45) is 0 Å². The summed E-state index contributed by atoms with van der Waals surface area (Å²) >= 11 is 0. The summed E-state index contributed by atoms with van der Waals surface area (Å²) in [5.41, 5.74) is 1.51. The Morgan fingerprint density at radius 1 is 1.12 bits per heavy atom. The van der Waals surface area contributed by atoms with Crippen LogP contribution in [0, 0.1) is 6.92 Å². The topological polar surface area (TPSA) is 78.4 Å². The predicted octanol–water partition coefficient (Wildman–Crippen LogP) is 0.189. The zero-order valence-corrected chi connectivity index (χ0v) is 14.3. The third-order valence-corrected chi connectivity index (χ3v) is 4.42. The van der Waals surface area contributed by atoms with Crippen molar-refractivity contribution in [2.45, 2.75) is 20.0 Å². The van der Waals surface area contributed by atoms with Crippen LogP contribution >= 0.6 is 0 Å². The van der Waals surface area contributed by atoms with Crippen molar-refractivity contribution in [3.05, 3.63) is 68.5 Å². The molecule has 2 heterocycles. The number of aryl methyl sites for hydroxylation is 1. The number of hydrogen-bond acceptors (Lipinski definition) is 4. The first-order chi connectivity index (χ1) is 12.0. The summed E-state index contributed by atoms with van der Waals surface area (Å²) in [6.07, 6.45) is 1.35. The summed E-state index contributed by atoms with van der Waals surface area (Å²) in [7, 11) is 0. The minimum atomic E-state index is -0.557. The zero-order valence-electron chi connectivity index (χ0n) is 14.3. The van der Waals surface area contributed by atoms with E-state index in [2.05, 4.69) is 41.1 Å². The van der Waals surface area contributed by atoms with Gasteiger partial charge in [-0.15, -0.1) is 0 Å². The van der Waals surface area contributed by atoms with Gasteiger partial charge >= 0.3 is 5.69 Å². The number of aromatic amines is 1. The number of aromatic nitrogens is 2. The number of carbonyl (C=O) groups excluding carboxylic acids is 1. The molecule has 1 fully saturated rings. The fourth-order valence-corrected chi connectivity index (χ4v) is 3.04. The van der Waals surface area contributed by atoms with Gasteiger partial charge in [-0.3, -0.25) is 24.0 Å². The molecule has 132 valence electrons. The highest BCUT2D eigenvalue weighted by Gasteiger charge is 2.21. The standard InChI is InChI=1S/C18H22N4O3/c1-14-3-2-4-15(11-14)12-20-7-9-21(10-8-20)17(24)13-22-6-5-16(23)19-18(22)25/h2-6,11H,7-10,12-13H2,1H3,(H,19,23,25). The van der Waals surface area contributed by atoms with Crippen molar-refractivity contribution < 1.29 is 4.79 Å². The minimum absolute atomic E-state index is 0.0481. The van der Waals surface area contributed by atoms with Gasteiger partial charge in [0, 0.05) is 45.0 Å². The van der Waals surface area contributed by atoms with Crippen molar-refractivity contribution in [3.63, 3.8) is 0 Å². The lowest BCUT2D eigenvalue weighted by atomic mass is 10.1. The molecule has 0 saturated carbocycles. The number of piperazine rings is 1. The van der Waals surface area contributed by atoms with E-state index < -0.39 is 11.2 Å². The second-order valence-electron chi connectivity index (χ2n) is 6.38. The van der Waals surface area contributed by atoms with Gasteiger partial charge in [0.05, 0.1) is 0 Å². The van der Waals surface area contributed by atoms with E-state index in [4.69, 9.17) is 0 Å². The highest BCUT2D eigenvalue weighted by Crippen LogP contribution is 2.10. The molecule has 0 atom stereocenters. The molecule has 0 bridgehead atoms. The molecule has 1 aromatic carbocycles. The first-order valence-electron chi connectivity index (χ1n) is 8.37. The number of amides is 1. The molecule has 3 rings (SSSR count). The van der Waals surface area contributed by atoms with Crippen LogP contribution < -0.4 is 11.2 Å². The Bertz CT molecular complexity index is 863. The minimum Gasteiger partial charge on any atom is -0.339 e. The van der Waals surface area contributed by atoms with Gasteiger partial charge in [0.1, 0.15) is 6.54 Å². The number of benzene rings is 1. The van der Waals surface area contributed by atoms with Crippen LogP contribution in [0.25, 0.3) is 0 Å². The molecule has 0 unspecified atom stereocenters. The highest BCUT2D eigenvalue weighted by atomic mass is 16.2. The predicted molar refractivity (Wildman–Crippen MR) is 94.4 cm³/mol. The van der Waals surface area contributed by atoms with E-state index in [1.165, 1.54) is 28.0 Å². The van der Waals surface area contributed by atoms with Crippen molar-refractivity contribution in [1.82, 2.24) is 19.4 Å². The molecule has 0 radical (unpaired) electrons. The lowest BCUT2D eigenvalue weighted by Crippen LogP contribution is -2.49. The quantitative estimate of drug-likeness (QED) is 0.860. The zero-order chi connectivity index (χ0) is 17.8. The lowest BCUT2D eigenvalue weighted by Gasteiger charge is -2.34. The van der Waals surface area contributed by atoms with Gasteiger partial charge in [0.2, 0.25) is 5.91 Å². The SMILES string of the molecule is Cc1cccc(CN2CCN(C(=O)Cn3ccc(=O)[nH]c3=O)CC2)c1. The van der Waals surface area contributed by atoms with E-state index in [0.717, 1.165) is 19.6 Å². The van der Waals surface area contributed by atoms with Crippen LogP contribution in [0.15, 0.2) is 46.1 Å². The smallest absolute Gasteiger partial charge is 0.328 e. The van der Waals surface area contributed by atoms with Gasteiger partial charge in [-0.05, 0) is 12.5 Å². The first-order valence-corrected chi connectivity index (χ1v) is 8.37. The molecule has 1 amide bonds. The van der Waals surface area contributed by atoms with E-state index in [1.54, 1.807) is 4.90 Å². The van der Waals surface area contributed by atoms with E-state index >= 15 is 0 Å². The number of H-pyrrole nitrogens is 1. The van der Waals surface area contributed by atoms with Gasteiger partial charge in [0.15, 0.2) is 0 Å². The van der Waals surface area contributed by atoms with E-state index in [1.807, 2.05) is 0 Å². The fraction of sp³-hybridized carbons (Fsp3) is 0.389. The third kappa shape index (κ3) is 4.45. The van der Waals surface area contributed by atoms with Crippen molar-refractivity contribution >= 4 is 5.91 Å². The Balaban J connectivity index is 1.54. The number of rotatable bonds is 4. The van der Waals surface area contributed by atoms with E-state index in [0.29, 0.717) is 13.1 Å². The molecule has 0 spiro atoms. The first kappa shape index (κ1) is 17.2. The number of carbonyl (C=O) groups is 1. The van der Waals surface area contributed by atoms with Gasteiger partial charge in [-0.25, -0.2) is 4.79 Å². The summed E-state index contributed by atoms with van der Waals surface area (Å²) < 4.78 is 1.23. The average molecular weight is 342 g/mol. The van der Waals surface area contributed by atoms with Gasteiger partial charge in [0.25, 0.3) is 5.56 Å². The second-order valence-corrected chi connectivity index (χ2v) is 6.38. The molecule has 7 heteroatoms. The maximum absolute atomic E-state index is 12.4. The molecule has 0 aliphatic carbocycles. The van der Waals surface area contributed by atoms with Crippen LogP contribution in [0.4, 0.5) is 0 Å². The normalized spacial score (nSPS) is 15.3. The molecule has 1 aliphatic rings. The van der Waals surface area contributed by atoms with Crippen LogP contribution in [-0.2, 0) is 17.9 Å². The lowest BCUT2D eigenvalue weighted by molar-refractivity contribution is -0.133. The summed E-state index contributed by atoms with van der Waals surface area (Å²) in [6, 6.07) is 9.69. The van der Waals surface area contributed by atoms with E-state index in [-0.39, 0.29) is 12.5 Å². The molecule has 1 aliphatic heterocycles. The Morgan fingerprint density at radius 2 is 1.88 bits per heavy atom. The number of nitrogens with one attached hydrogen (secondary N) is 1. The van der Waals surface area contributed by atoms with Gasteiger partial charge in [-0.2, -0.15) is 0 Å². The molecular weight excluding hydrogens is 320 g/mol. The average Bonchev–Trinajstić information content (AvgIpc) is 2.58. The van der Waals surface area contributed by atoms with Crippen LogP contribution in [0.5, 0.6) is 0 Å². The molecular formula is C18H22N4O3. The largest absolute Gasteiger partial charge is 0.339 e. The van der Waals surface area contributed by atoms with Gasteiger partial charge in [-0.1, -0.05) is 29.8 Å². The van der Waals surface area contributed by atoms with Crippen molar-refractivity contribution in [2.75, 3.05) is 26.2 Å².